The quantitative estimate of drug-likeness (QED) is 0.599. The molecular weight excluding hydrogens is 330 g/mol. The number of amides is 1. The molecule has 0 saturated carbocycles. The van der Waals surface area contributed by atoms with Gasteiger partial charge < -0.3 is 9.84 Å². The number of aryl methyl sites for hydroxylation is 1. The Labute approximate surface area is 149 Å². The molecule has 0 spiro atoms. The minimum absolute atomic E-state index is 0.111. The minimum Gasteiger partial charge on any atom is -0.356 e. The van der Waals surface area contributed by atoms with E-state index in [1.165, 1.54) is 0 Å². The second-order valence-corrected chi connectivity index (χ2v) is 6.03. The van der Waals surface area contributed by atoms with Gasteiger partial charge in [0.15, 0.2) is 5.58 Å². The number of carbonyl (C=O) groups is 1. The van der Waals surface area contributed by atoms with Crippen LogP contribution < -0.4 is 5.32 Å². The van der Waals surface area contributed by atoms with E-state index in [1.54, 1.807) is 17.1 Å². The largest absolute Gasteiger partial charge is 0.356 e. The number of aromatic nitrogens is 4. The molecule has 0 radical (unpaired) electrons. The number of hydrogen-bond acceptors (Lipinski definition) is 5. The minimum atomic E-state index is -0.111. The Balaban J connectivity index is 1.37. The molecule has 0 saturated heterocycles. The number of carbonyl (C=O) groups excluding carboxylic acids is 1. The van der Waals surface area contributed by atoms with E-state index in [4.69, 9.17) is 4.52 Å². The summed E-state index contributed by atoms with van der Waals surface area (Å²) in [6.07, 6.45) is 5.62. The van der Waals surface area contributed by atoms with E-state index in [0.29, 0.717) is 17.8 Å². The number of rotatable bonds is 5. The van der Waals surface area contributed by atoms with Crippen LogP contribution in [0.2, 0.25) is 0 Å². The van der Waals surface area contributed by atoms with Gasteiger partial charge in [0.1, 0.15) is 5.69 Å². The molecule has 3 aromatic heterocycles. The second-order valence-electron chi connectivity index (χ2n) is 6.03. The lowest BCUT2D eigenvalue weighted by Gasteiger charge is -2.05. The fraction of sp³-hybridized carbons (Fsp3) is 0.158. The maximum absolute atomic E-state index is 12.2. The molecule has 1 N–H and O–H groups in total. The van der Waals surface area contributed by atoms with Crippen LogP contribution in [0.3, 0.4) is 0 Å². The van der Waals surface area contributed by atoms with Crippen LogP contribution in [0, 0.1) is 0 Å². The molecule has 4 aromatic rings. The molecule has 0 unspecified atom stereocenters. The van der Waals surface area contributed by atoms with Gasteiger partial charge in [0.2, 0.25) is 5.91 Å². The van der Waals surface area contributed by atoms with Gasteiger partial charge in [-0.1, -0.05) is 23.4 Å². The van der Waals surface area contributed by atoms with Crippen molar-refractivity contribution in [2.75, 3.05) is 0 Å². The summed E-state index contributed by atoms with van der Waals surface area (Å²) in [6, 6.07) is 11.4. The summed E-state index contributed by atoms with van der Waals surface area (Å²) in [5.74, 6) is -0.111. The molecule has 7 heteroatoms. The summed E-state index contributed by atoms with van der Waals surface area (Å²) < 4.78 is 6.96. The fourth-order valence-corrected chi connectivity index (χ4v) is 2.73. The van der Waals surface area contributed by atoms with Crippen molar-refractivity contribution in [1.29, 1.82) is 0 Å². The van der Waals surface area contributed by atoms with E-state index in [9.17, 15) is 4.79 Å². The van der Waals surface area contributed by atoms with Crippen molar-refractivity contribution in [3.8, 4) is 11.3 Å². The van der Waals surface area contributed by atoms with Crippen LogP contribution in [0.4, 0.5) is 0 Å². The van der Waals surface area contributed by atoms with Crippen LogP contribution in [0.25, 0.3) is 22.2 Å². The number of hydrogen-bond donors (Lipinski definition) is 1. The Kier molecular flexibility index (Phi) is 4.18. The van der Waals surface area contributed by atoms with Crippen LogP contribution in [0.15, 0.2) is 59.5 Å². The third-order valence-corrected chi connectivity index (χ3v) is 4.10. The van der Waals surface area contributed by atoms with Gasteiger partial charge in [-0.2, -0.15) is 5.10 Å². The molecule has 0 aliphatic rings. The average Bonchev–Trinajstić information content (AvgIpc) is 3.27. The summed E-state index contributed by atoms with van der Waals surface area (Å²) in [5, 5.41) is 11.9. The number of fused-ring (bicyclic) bond motifs is 1. The highest BCUT2D eigenvalue weighted by Crippen LogP contribution is 2.18. The molecule has 0 bridgehead atoms. The van der Waals surface area contributed by atoms with Crippen LogP contribution in [-0.2, 0) is 24.8 Å². The van der Waals surface area contributed by atoms with Crippen molar-refractivity contribution in [3.63, 3.8) is 0 Å². The van der Waals surface area contributed by atoms with E-state index >= 15 is 0 Å². The molecule has 0 aliphatic heterocycles. The highest BCUT2D eigenvalue weighted by Gasteiger charge is 2.12. The smallest absolute Gasteiger partial charge is 0.226 e. The summed E-state index contributed by atoms with van der Waals surface area (Å²) in [6.45, 7) is 0.412. The maximum atomic E-state index is 12.2. The van der Waals surface area contributed by atoms with E-state index in [1.807, 2.05) is 49.6 Å². The Bertz CT molecular complexity index is 1050. The molecule has 130 valence electrons. The molecular formula is C19H17N5O2. The first-order chi connectivity index (χ1) is 12.7. The van der Waals surface area contributed by atoms with Crippen molar-refractivity contribution in [1.82, 2.24) is 25.2 Å². The molecule has 3 heterocycles. The highest BCUT2D eigenvalue weighted by molar-refractivity contribution is 5.86. The summed E-state index contributed by atoms with van der Waals surface area (Å²) in [4.78, 5) is 16.6. The normalized spacial score (nSPS) is 11.0. The molecule has 1 amide bonds. The summed E-state index contributed by atoms with van der Waals surface area (Å²) in [7, 11) is 1.87. The Morgan fingerprint density at radius 2 is 2.08 bits per heavy atom. The van der Waals surface area contributed by atoms with E-state index in [0.717, 1.165) is 22.2 Å². The Morgan fingerprint density at radius 3 is 2.85 bits per heavy atom. The Morgan fingerprint density at radius 1 is 1.19 bits per heavy atom. The molecule has 26 heavy (non-hydrogen) atoms. The number of nitrogens with one attached hydrogen (secondary N) is 1. The lowest BCUT2D eigenvalue weighted by Crippen LogP contribution is -2.24. The van der Waals surface area contributed by atoms with Crippen LogP contribution in [0.1, 0.15) is 11.3 Å². The van der Waals surface area contributed by atoms with E-state index < -0.39 is 0 Å². The van der Waals surface area contributed by atoms with E-state index in [2.05, 4.69) is 20.6 Å². The second kappa shape index (κ2) is 6.79. The van der Waals surface area contributed by atoms with Gasteiger partial charge in [0.25, 0.3) is 0 Å². The predicted molar refractivity (Wildman–Crippen MR) is 96.0 cm³/mol. The van der Waals surface area contributed by atoms with Crippen molar-refractivity contribution in [2.24, 2.45) is 7.05 Å². The standard InChI is InChI=1S/C19H17N5O2/c1-24-12-14(11-22-24)16-7-6-13(9-20-16)10-21-19(25)8-17-15-4-2-3-5-18(15)26-23-17/h2-7,9,11-12H,8,10H2,1H3,(H,21,25). The topological polar surface area (TPSA) is 85.8 Å². The van der Waals surface area contributed by atoms with Crippen molar-refractivity contribution in [3.05, 3.63) is 66.2 Å². The van der Waals surface area contributed by atoms with Crippen molar-refractivity contribution < 1.29 is 9.32 Å². The van der Waals surface area contributed by atoms with Gasteiger partial charge >= 0.3 is 0 Å². The predicted octanol–water partition coefficient (Wildman–Crippen LogP) is 2.48. The van der Waals surface area contributed by atoms with Gasteiger partial charge in [-0.15, -0.1) is 0 Å². The van der Waals surface area contributed by atoms with Crippen LogP contribution >= 0.6 is 0 Å². The average molecular weight is 347 g/mol. The SMILES string of the molecule is Cn1cc(-c2ccc(CNC(=O)Cc3noc4ccccc34)cn2)cn1. The number of para-hydroxylation sites is 1. The Hall–Kier alpha value is -3.48. The first-order valence-electron chi connectivity index (χ1n) is 8.23. The van der Waals surface area contributed by atoms with Gasteiger partial charge in [-0.3, -0.25) is 14.5 Å². The monoisotopic (exact) mass is 347 g/mol. The van der Waals surface area contributed by atoms with E-state index in [-0.39, 0.29) is 12.3 Å². The summed E-state index contributed by atoms with van der Waals surface area (Å²) in [5.41, 5.74) is 4.06. The van der Waals surface area contributed by atoms with Gasteiger partial charge in [0, 0.05) is 36.9 Å². The molecule has 4 rings (SSSR count). The lowest BCUT2D eigenvalue weighted by molar-refractivity contribution is -0.120. The van der Waals surface area contributed by atoms with Gasteiger partial charge in [0.05, 0.1) is 18.3 Å². The highest BCUT2D eigenvalue weighted by atomic mass is 16.5. The third kappa shape index (κ3) is 3.32. The molecule has 0 fully saturated rings. The third-order valence-electron chi connectivity index (χ3n) is 4.10. The van der Waals surface area contributed by atoms with Crippen molar-refractivity contribution >= 4 is 16.9 Å². The fourth-order valence-electron chi connectivity index (χ4n) is 2.73. The van der Waals surface area contributed by atoms with Crippen LogP contribution in [0.5, 0.6) is 0 Å². The molecule has 1 aromatic carbocycles. The first kappa shape index (κ1) is 16.0. The van der Waals surface area contributed by atoms with Crippen molar-refractivity contribution in [2.45, 2.75) is 13.0 Å². The van der Waals surface area contributed by atoms with Gasteiger partial charge in [-0.05, 0) is 23.8 Å². The zero-order chi connectivity index (χ0) is 17.9. The zero-order valence-electron chi connectivity index (χ0n) is 14.2. The summed E-state index contributed by atoms with van der Waals surface area (Å²) >= 11 is 0. The first-order valence-corrected chi connectivity index (χ1v) is 8.23. The molecule has 0 atom stereocenters. The van der Waals surface area contributed by atoms with Crippen LogP contribution in [-0.4, -0.2) is 25.8 Å². The molecule has 0 aliphatic carbocycles. The molecule has 7 nitrogen and oxygen atoms in total. The van der Waals surface area contributed by atoms with Gasteiger partial charge in [-0.25, -0.2) is 0 Å². The maximum Gasteiger partial charge on any atom is 0.226 e. The zero-order valence-corrected chi connectivity index (χ0v) is 14.2. The number of benzene rings is 1. The number of pyridine rings is 1. The lowest BCUT2D eigenvalue weighted by atomic mass is 10.1. The number of nitrogens with zero attached hydrogens (tertiary/aromatic N) is 4.